The van der Waals surface area contributed by atoms with E-state index in [1.54, 1.807) is 0 Å². The Hall–Kier alpha value is -1.09. The first-order valence-electron chi connectivity index (χ1n) is 6.61. The number of hydrogen-bond donors (Lipinski definition) is 2. The van der Waals surface area contributed by atoms with Crippen LogP contribution in [0.25, 0.3) is 0 Å². The maximum atomic E-state index is 13.9. The Balaban J connectivity index is 2.08. The number of hydrogen-bond acceptors (Lipinski definition) is 4. The number of benzene rings is 1. The van der Waals surface area contributed by atoms with Crippen molar-refractivity contribution in [3.63, 3.8) is 0 Å². The number of aliphatic hydroxyl groups is 1. The van der Waals surface area contributed by atoms with Crippen LogP contribution in [0.4, 0.5) is 8.78 Å². The molecule has 0 aromatic heterocycles. The molecule has 0 saturated carbocycles. The van der Waals surface area contributed by atoms with Crippen LogP contribution in [0.15, 0.2) is 17.0 Å². The lowest BCUT2D eigenvalue weighted by Gasteiger charge is -2.11. The van der Waals surface area contributed by atoms with Crippen LogP contribution in [0.2, 0.25) is 0 Å². The minimum absolute atomic E-state index is 0.154. The summed E-state index contributed by atoms with van der Waals surface area (Å²) in [4.78, 5) is -0.657. The van der Waals surface area contributed by atoms with E-state index in [1.807, 2.05) is 0 Å². The summed E-state index contributed by atoms with van der Waals surface area (Å²) in [5, 5.41) is 8.90. The third-order valence-electron chi connectivity index (χ3n) is 3.47. The first-order valence-corrected chi connectivity index (χ1v) is 8.09. The van der Waals surface area contributed by atoms with Gasteiger partial charge in [-0.1, -0.05) is 0 Å². The molecule has 1 aliphatic heterocycles. The van der Waals surface area contributed by atoms with Crippen molar-refractivity contribution in [3.8, 4) is 0 Å². The summed E-state index contributed by atoms with van der Waals surface area (Å²) in [5.41, 5.74) is -0.651. The highest BCUT2D eigenvalue weighted by atomic mass is 32.2. The highest BCUT2D eigenvalue weighted by molar-refractivity contribution is 7.89. The molecule has 1 heterocycles. The van der Waals surface area contributed by atoms with Crippen molar-refractivity contribution < 1.29 is 27.0 Å². The SMILES string of the molecule is O=S(=O)(NCCC1CCOC1)c1ccc(F)c(CO)c1F. The molecule has 2 N–H and O–H groups in total. The first kappa shape index (κ1) is 16.3. The van der Waals surface area contributed by atoms with E-state index in [2.05, 4.69) is 4.72 Å². The van der Waals surface area contributed by atoms with Gasteiger partial charge in [-0.25, -0.2) is 21.9 Å². The molecule has 0 radical (unpaired) electrons. The topological polar surface area (TPSA) is 75.6 Å². The number of sulfonamides is 1. The fourth-order valence-corrected chi connectivity index (χ4v) is 3.36. The van der Waals surface area contributed by atoms with Gasteiger partial charge in [0, 0.05) is 19.8 Å². The number of rotatable bonds is 6. The molecule has 1 aliphatic rings. The zero-order chi connectivity index (χ0) is 15.5. The minimum atomic E-state index is -4.08. The van der Waals surface area contributed by atoms with Gasteiger partial charge in [0.05, 0.1) is 12.2 Å². The monoisotopic (exact) mass is 321 g/mol. The van der Waals surface area contributed by atoms with Crippen LogP contribution in [0, 0.1) is 17.6 Å². The molecule has 1 aromatic rings. The molecule has 2 rings (SSSR count). The van der Waals surface area contributed by atoms with E-state index in [9.17, 15) is 17.2 Å². The van der Waals surface area contributed by atoms with Crippen LogP contribution >= 0.6 is 0 Å². The summed E-state index contributed by atoms with van der Waals surface area (Å²) in [6.45, 7) is 0.521. The van der Waals surface area contributed by atoms with Crippen LogP contribution in [0.3, 0.4) is 0 Å². The molecule has 0 aliphatic carbocycles. The summed E-state index contributed by atoms with van der Waals surface area (Å²) >= 11 is 0. The Morgan fingerprint density at radius 3 is 2.76 bits per heavy atom. The molecular weight excluding hydrogens is 304 g/mol. The quantitative estimate of drug-likeness (QED) is 0.824. The predicted octanol–water partition coefficient (Wildman–Crippen LogP) is 1.16. The highest BCUT2D eigenvalue weighted by Gasteiger charge is 2.24. The second-order valence-corrected chi connectivity index (χ2v) is 6.65. The van der Waals surface area contributed by atoms with Crippen LogP contribution in [-0.2, 0) is 21.4 Å². The van der Waals surface area contributed by atoms with E-state index < -0.39 is 38.7 Å². The smallest absolute Gasteiger partial charge is 0.243 e. The first-order chi connectivity index (χ1) is 9.95. The van der Waals surface area contributed by atoms with Crippen molar-refractivity contribution in [2.75, 3.05) is 19.8 Å². The molecule has 0 bridgehead atoms. The van der Waals surface area contributed by atoms with Gasteiger partial charge in [-0.05, 0) is 30.9 Å². The van der Waals surface area contributed by atoms with Gasteiger partial charge in [0.15, 0.2) is 5.82 Å². The molecule has 21 heavy (non-hydrogen) atoms. The Morgan fingerprint density at radius 2 is 2.14 bits per heavy atom. The fraction of sp³-hybridized carbons (Fsp3) is 0.538. The lowest BCUT2D eigenvalue weighted by molar-refractivity contribution is 0.184. The maximum Gasteiger partial charge on any atom is 0.243 e. The second kappa shape index (κ2) is 6.78. The summed E-state index contributed by atoms with van der Waals surface area (Å²) in [6, 6.07) is 1.68. The molecule has 8 heteroatoms. The van der Waals surface area contributed by atoms with Gasteiger partial charge < -0.3 is 9.84 Å². The van der Waals surface area contributed by atoms with E-state index in [4.69, 9.17) is 9.84 Å². The van der Waals surface area contributed by atoms with Crippen molar-refractivity contribution in [1.29, 1.82) is 0 Å². The van der Waals surface area contributed by atoms with E-state index in [1.165, 1.54) is 0 Å². The van der Waals surface area contributed by atoms with Gasteiger partial charge in [0.1, 0.15) is 10.7 Å². The molecule has 1 saturated heterocycles. The summed E-state index contributed by atoms with van der Waals surface area (Å²) < 4.78 is 58.7. The van der Waals surface area contributed by atoms with Crippen molar-refractivity contribution in [2.45, 2.75) is 24.3 Å². The molecular formula is C13H17F2NO4S. The normalized spacial score (nSPS) is 19.1. The third kappa shape index (κ3) is 3.76. The van der Waals surface area contributed by atoms with Gasteiger partial charge in [-0.2, -0.15) is 0 Å². The largest absolute Gasteiger partial charge is 0.391 e. The third-order valence-corrected chi connectivity index (χ3v) is 4.95. The van der Waals surface area contributed by atoms with Crippen LogP contribution in [-0.4, -0.2) is 33.3 Å². The zero-order valence-electron chi connectivity index (χ0n) is 11.3. The van der Waals surface area contributed by atoms with Gasteiger partial charge >= 0.3 is 0 Å². The lowest BCUT2D eigenvalue weighted by Crippen LogP contribution is -2.27. The Bertz CT molecular complexity index is 600. The molecule has 1 fully saturated rings. The molecule has 0 spiro atoms. The van der Waals surface area contributed by atoms with Crippen LogP contribution in [0.5, 0.6) is 0 Å². The van der Waals surface area contributed by atoms with E-state index in [0.29, 0.717) is 25.6 Å². The van der Waals surface area contributed by atoms with Crippen molar-refractivity contribution in [1.82, 2.24) is 4.72 Å². The minimum Gasteiger partial charge on any atom is -0.391 e. The number of aliphatic hydroxyl groups excluding tert-OH is 1. The fourth-order valence-electron chi connectivity index (χ4n) is 2.21. The average Bonchev–Trinajstić information content (AvgIpc) is 2.92. The van der Waals surface area contributed by atoms with Crippen molar-refractivity contribution in [3.05, 3.63) is 29.3 Å². The van der Waals surface area contributed by atoms with Gasteiger partial charge in [-0.3, -0.25) is 0 Å². The molecule has 0 amide bonds. The molecule has 1 aromatic carbocycles. The van der Waals surface area contributed by atoms with E-state index in [-0.39, 0.29) is 6.54 Å². The Morgan fingerprint density at radius 1 is 1.38 bits per heavy atom. The standard InChI is InChI=1S/C13H17F2NO4S/c14-11-1-2-12(13(15)10(11)7-17)21(18,19)16-5-3-9-4-6-20-8-9/h1-2,9,16-17H,3-8H2. The van der Waals surface area contributed by atoms with Crippen LogP contribution < -0.4 is 4.72 Å². The molecule has 1 unspecified atom stereocenters. The van der Waals surface area contributed by atoms with E-state index >= 15 is 0 Å². The molecule has 5 nitrogen and oxygen atoms in total. The van der Waals surface area contributed by atoms with Gasteiger partial charge in [0.2, 0.25) is 10.0 Å². The molecule has 118 valence electrons. The number of nitrogens with one attached hydrogen (secondary N) is 1. The van der Waals surface area contributed by atoms with Gasteiger partial charge in [-0.15, -0.1) is 0 Å². The van der Waals surface area contributed by atoms with Crippen molar-refractivity contribution in [2.24, 2.45) is 5.92 Å². The van der Waals surface area contributed by atoms with Gasteiger partial charge in [0.25, 0.3) is 0 Å². The second-order valence-electron chi connectivity index (χ2n) is 4.91. The summed E-state index contributed by atoms with van der Waals surface area (Å²) in [5.74, 6) is -1.94. The zero-order valence-corrected chi connectivity index (χ0v) is 12.1. The molecule has 1 atom stereocenters. The van der Waals surface area contributed by atoms with E-state index in [0.717, 1.165) is 18.6 Å². The maximum absolute atomic E-state index is 13.9. The summed E-state index contributed by atoms with van der Waals surface area (Å²) in [7, 11) is -4.08. The number of halogens is 2. The summed E-state index contributed by atoms with van der Waals surface area (Å²) in [6.07, 6.45) is 1.47. The lowest BCUT2D eigenvalue weighted by atomic mass is 10.1. The Labute approximate surface area is 122 Å². The number of ether oxygens (including phenoxy) is 1. The van der Waals surface area contributed by atoms with Crippen molar-refractivity contribution >= 4 is 10.0 Å². The Kier molecular flexibility index (Phi) is 5.26. The average molecular weight is 321 g/mol. The highest BCUT2D eigenvalue weighted by Crippen LogP contribution is 2.21. The van der Waals surface area contributed by atoms with Crippen LogP contribution in [0.1, 0.15) is 18.4 Å². The predicted molar refractivity (Wildman–Crippen MR) is 71.0 cm³/mol.